The highest BCUT2D eigenvalue weighted by molar-refractivity contribution is 6.19. The van der Waals surface area contributed by atoms with Gasteiger partial charge in [0.1, 0.15) is 17.0 Å². The normalized spacial score (nSPS) is 16.6. The Balaban J connectivity index is 1.06. The number of anilines is 3. The largest absolute Gasteiger partial charge is 0.451 e. The predicted octanol–water partition coefficient (Wildman–Crippen LogP) is 9.22. The Bertz CT molecular complexity index is 2530. The van der Waals surface area contributed by atoms with Gasteiger partial charge in [0.25, 0.3) is 5.91 Å². The number of likely N-dealkylation sites (N-methyl/N-ethyl adjacent to an activating group) is 1. The number of ether oxygens (including phenoxy) is 1. The van der Waals surface area contributed by atoms with Gasteiger partial charge in [0, 0.05) is 81.6 Å². The van der Waals surface area contributed by atoms with E-state index in [1.54, 1.807) is 42.6 Å². The van der Waals surface area contributed by atoms with Crippen LogP contribution >= 0.6 is 11.6 Å². The molecule has 268 valence electrons. The third-order valence-corrected chi connectivity index (χ3v) is 10.5. The summed E-state index contributed by atoms with van der Waals surface area (Å²) in [6.07, 6.45) is 1.14. The molecule has 3 aromatic heterocycles. The number of nitrogens with one attached hydrogen (secondary N) is 4. The minimum absolute atomic E-state index is 0.0943. The summed E-state index contributed by atoms with van der Waals surface area (Å²) in [6.45, 7) is 6.35. The lowest BCUT2D eigenvalue weighted by Gasteiger charge is -2.27. The first-order chi connectivity index (χ1) is 25.7. The number of carbonyl (C=O) groups is 3. The zero-order chi connectivity index (χ0) is 36.9. The molecule has 1 aliphatic rings. The summed E-state index contributed by atoms with van der Waals surface area (Å²) < 4.78 is 11.7. The Hall–Kier alpha value is -6.04. The Morgan fingerprint density at radius 3 is 2.51 bits per heavy atom. The summed E-state index contributed by atoms with van der Waals surface area (Å²) in [5.74, 6) is 0.137. The Labute approximate surface area is 310 Å². The van der Waals surface area contributed by atoms with Gasteiger partial charge in [-0.3, -0.25) is 10.1 Å². The van der Waals surface area contributed by atoms with Crippen LogP contribution in [0.5, 0.6) is 5.75 Å². The number of halogens is 1. The standard InChI is InChI=1S/C41H37ClN6O5/c1-4-47(5-2)29-13-11-24-19-36(52-34(24)20-29)39(49)44-28-12-14-31-25(17-28)18-32(46-31)40(50)48(3)23-26(22-42)37-30-15-16-43-38(30)35(21-33(37)48)53-41(51)45-27-9-7-6-8-10-27/h6-21,26,43H,4-5,22-23H2,1-3H3,(H2-,44,45,46,49,50,51)/p+1/t26?,48-/m0/s1. The molecule has 1 aliphatic heterocycles. The number of rotatable bonds is 9. The average Bonchev–Trinajstić information content (AvgIpc) is 3.96. The van der Waals surface area contributed by atoms with Gasteiger partial charge in [0.2, 0.25) is 0 Å². The lowest BCUT2D eigenvalue weighted by molar-refractivity contribution is 0.0803. The lowest BCUT2D eigenvalue weighted by Crippen LogP contribution is -2.49. The molecule has 2 atom stereocenters. The number of nitrogens with zero attached hydrogens (tertiary/aromatic N) is 2. The van der Waals surface area contributed by atoms with Crippen LogP contribution in [-0.2, 0) is 0 Å². The first kappa shape index (κ1) is 34.1. The van der Waals surface area contributed by atoms with Crippen molar-refractivity contribution in [3.05, 3.63) is 114 Å². The van der Waals surface area contributed by atoms with Crippen molar-refractivity contribution in [2.24, 2.45) is 0 Å². The molecule has 8 rings (SSSR count). The highest BCUT2D eigenvalue weighted by atomic mass is 35.5. The molecule has 0 saturated carbocycles. The van der Waals surface area contributed by atoms with Crippen LogP contribution in [0.3, 0.4) is 0 Å². The maximum absolute atomic E-state index is 14.5. The number of benzene rings is 4. The Kier molecular flexibility index (Phi) is 8.68. The average molecular weight is 730 g/mol. The van der Waals surface area contributed by atoms with Crippen molar-refractivity contribution in [1.82, 2.24) is 14.5 Å². The third-order valence-electron chi connectivity index (χ3n) is 10.2. The number of H-pyrrole nitrogens is 2. The van der Waals surface area contributed by atoms with E-state index in [0.29, 0.717) is 52.0 Å². The molecule has 0 spiro atoms. The number of quaternary nitrogens is 1. The fourth-order valence-electron chi connectivity index (χ4n) is 7.54. The molecule has 12 heteroatoms. The van der Waals surface area contributed by atoms with Gasteiger partial charge in [-0.2, -0.15) is 0 Å². The lowest BCUT2D eigenvalue weighted by atomic mass is 9.99. The minimum Gasteiger partial charge on any atom is -0.451 e. The second-order valence-corrected chi connectivity index (χ2v) is 13.7. The predicted molar refractivity (Wildman–Crippen MR) is 211 cm³/mol. The molecule has 1 unspecified atom stereocenters. The molecule has 7 aromatic rings. The number of aromatic amines is 2. The zero-order valence-electron chi connectivity index (χ0n) is 29.5. The molecule has 0 aliphatic carbocycles. The van der Waals surface area contributed by atoms with Crippen molar-refractivity contribution in [2.45, 2.75) is 19.8 Å². The first-order valence-electron chi connectivity index (χ1n) is 17.6. The SMILES string of the molecule is CCN(CC)c1ccc2cc(C(=O)Nc3ccc4[nH]c(C(=O)[N@@+]5(C)CC(CCl)c6c5cc(OC(=O)Nc5ccccc5)c5[nH]ccc65)cc4c3)oc2c1. The minimum atomic E-state index is -0.650. The molecule has 0 saturated heterocycles. The number of aromatic nitrogens is 2. The molecule has 53 heavy (non-hydrogen) atoms. The number of fused-ring (bicyclic) bond motifs is 5. The Morgan fingerprint density at radius 1 is 0.925 bits per heavy atom. The third kappa shape index (κ3) is 6.07. The summed E-state index contributed by atoms with van der Waals surface area (Å²) in [7, 11) is 1.86. The van der Waals surface area contributed by atoms with E-state index in [-0.39, 0.29) is 28.0 Å². The zero-order valence-corrected chi connectivity index (χ0v) is 30.2. The summed E-state index contributed by atoms with van der Waals surface area (Å²) in [4.78, 5) is 49.5. The van der Waals surface area contributed by atoms with Crippen molar-refractivity contribution in [2.75, 3.05) is 48.1 Å². The molecule has 0 radical (unpaired) electrons. The quantitative estimate of drug-likeness (QED) is 0.0865. The van der Waals surface area contributed by atoms with Crippen LogP contribution in [-0.4, -0.2) is 60.4 Å². The van der Waals surface area contributed by atoms with E-state index in [9.17, 15) is 14.4 Å². The van der Waals surface area contributed by atoms with E-state index < -0.39 is 6.09 Å². The molecular formula is C41H38ClN6O5+. The smallest absolute Gasteiger partial charge is 0.417 e. The van der Waals surface area contributed by atoms with E-state index in [4.69, 9.17) is 20.8 Å². The number of hydrogen-bond acceptors (Lipinski definition) is 6. The van der Waals surface area contributed by atoms with Crippen LogP contribution in [0.25, 0.3) is 32.8 Å². The molecule has 4 heterocycles. The molecule has 0 fully saturated rings. The van der Waals surface area contributed by atoms with Gasteiger partial charge in [-0.25, -0.2) is 14.1 Å². The van der Waals surface area contributed by atoms with Crippen molar-refractivity contribution < 1.29 is 23.5 Å². The second-order valence-electron chi connectivity index (χ2n) is 13.4. The molecule has 4 aromatic carbocycles. The second kappa shape index (κ2) is 13.5. The van der Waals surface area contributed by atoms with Gasteiger partial charge >= 0.3 is 12.0 Å². The highest BCUT2D eigenvalue weighted by Crippen LogP contribution is 2.49. The van der Waals surface area contributed by atoms with Gasteiger partial charge < -0.3 is 29.3 Å². The number of hydrogen-bond donors (Lipinski definition) is 4. The number of amides is 3. The summed E-state index contributed by atoms with van der Waals surface area (Å²) in [5, 5.41) is 8.14. The van der Waals surface area contributed by atoms with E-state index in [0.717, 1.165) is 46.0 Å². The summed E-state index contributed by atoms with van der Waals surface area (Å²) in [6, 6.07) is 27.6. The van der Waals surface area contributed by atoms with E-state index in [1.807, 2.05) is 61.6 Å². The van der Waals surface area contributed by atoms with E-state index in [1.165, 1.54) is 0 Å². The van der Waals surface area contributed by atoms with Crippen LogP contribution in [0.1, 0.15) is 46.4 Å². The van der Waals surface area contributed by atoms with Crippen molar-refractivity contribution in [1.29, 1.82) is 0 Å². The molecule has 4 N–H and O–H groups in total. The van der Waals surface area contributed by atoms with Gasteiger partial charge in [0.15, 0.2) is 11.5 Å². The van der Waals surface area contributed by atoms with Gasteiger partial charge in [-0.05, 0) is 74.5 Å². The van der Waals surface area contributed by atoms with Gasteiger partial charge in [-0.1, -0.05) is 18.2 Å². The van der Waals surface area contributed by atoms with E-state index >= 15 is 0 Å². The number of carbonyl (C=O) groups excluding carboxylic acids is 3. The van der Waals surface area contributed by atoms with Crippen LogP contribution in [0.4, 0.5) is 27.5 Å². The maximum Gasteiger partial charge on any atom is 0.417 e. The topological polar surface area (TPSA) is 132 Å². The van der Waals surface area contributed by atoms with Gasteiger partial charge in [0.05, 0.1) is 25.0 Å². The van der Waals surface area contributed by atoms with Crippen LogP contribution in [0, 0.1) is 0 Å². The van der Waals surface area contributed by atoms with Crippen LogP contribution in [0.2, 0.25) is 0 Å². The fraction of sp³-hybridized carbons (Fsp3) is 0.195. The summed E-state index contributed by atoms with van der Waals surface area (Å²) in [5.41, 5.74) is 6.27. The van der Waals surface area contributed by atoms with Crippen molar-refractivity contribution >= 4 is 85.0 Å². The maximum atomic E-state index is 14.5. The van der Waals surface area contributed by atoms with Crippen molar-refractivity contribution in [3.8, 4) is 5.75 Å². The molecular weight excluding hydrogens is 692 g/mol. The Morgan fingerprint density at radius 2 is 1.74 bits per heavy atom. The van der Waals surface area contributed by atoms with Crippen molar-refractivity contribution in [3.63, 3.8) is 0 Å². The van der Waals surface area contributed by atoms with Gasteiger partial charge in [-0.15, -0.1) is 11.6 Å². The monoisotopic (exact) mass is 729 g/mol. The van der Waals surface area contributed by atoms with E-state index in [2.05, 4.69) is 39.3 Å². The molecule has 0 bridgehead atoms. The highest BCUT2D eigenvalue weighted by Gasteiger charge is 2.49. The summed E-state index contributed by atoms with van der Waals surface area (Å²) >= 11 is 6.54. The number of furan rings is 1. The fourth-order valence-corrected chi connectivity index (χ4v) is 7.79. The number of para-hydroxylation sites is 1. The molecule has 11 nitrogen and oxygen atoms in total. The number of alkyl halides is 1. The van der Waals surface area contributed by atoms with Crippen LogP contribution in [0.15, 0.2) is 102 Å². The molecule has 3 amide bonds. The first-order valence-corrected chi connectivity index (χ1v) is 18.1. The van der Waals surface area contributed by atoms with Crippen LogP contribution < -0.4 is 24.8 Å².